The van der Waals surface area contributed by atoms with E-state index in [9.17, 15) is 0 Å². The highest BCUT2D eigenvalue weighted by Crippen LogP contribution is 2.44. The van der Waals surface area contributed by atoms with Crippen molar-refractivity contribution in [2.75, 3.05) is 13.1 Å². The first-order valence-electron chi connectivity index (χ1n) is 10.1. The van der Waals surface area contributed by atoms with E-state index in [1.807, 2.05) is 0 Å². The van der Waals surface area contributed by atoms with E-state index in [2.05, 4.69) is 68.2 Å². The maximum absolute atomic E-state index is 2.82. The average Bonchev–Trinajstić information content (AvgIpc) is 2.97. The molecule has 1 saturated heterocycles. The summed E-state index contributed by atoms with van der Waals surface area (Å²) in [7, 11) is 0. The van der Waals surface area contributed by atoms with Gasteiger partial charge in [0.15, 0.2) is 0 Å². The van der Waals surface area contributed by atoms with E-state index in [-0.39, 0.29) is 0 Å². The number of hydrogen-bond donors (Lipinski definition) is 0. The predicted molar refractivity (Wildman–Crippen MR) is 105 cm³/mol. The highest BCUT2D eigenvalue weighted by molar-refractivity contribution is 5.49. The molecule has 1 saturated carbocycles. The Labute approximate surface area is 149 Å². The van der Waals surface area contributed by atoms with Gasteiger partial charge in [-0.2, -0.15) is 0 Å². The lowest BCUT2D eigenvalue weighted by Crippen LogP contribution is -2.44. The molecule has 1 aliphatic heterocycles. The quantitative estimate of drug-likeness (QED) is 0.640. The van der Waals surface area contributed by atoms with Crippen molar-refractivity contribution in [3.05, 3.63) is 42.0 Å². The number of nitrogens with zero attached hydrogens (tertiary/aromatic N) is 1. The van der Waals surface area contributed by atoms with Gasteiger partial charge < -0.3 is 4.90 Å². The number of benzene rings is 1. The molecule has 4 atom stereocenters. The van der Waals surface area contributed by atoms with Crippen molar-refractivity contribution >= 4 is 6.08 Å². The lowest BCUT2D eigenvalue weighted by molar-refractivity contribution is 0.100. The number of allylic oxidation sites excluding steroid dienone is 1. The predicted octanol–water partition coefficient (Wildman–Crippen LogP) is 6.02. The van der Waals surface area contributed by atoms with Gasteiger partial charge in [0.2, 0.25) is 0 Å². The van der Waals surface area contributed by atoms with Crippen molar-refractivity contribution in [1.82, 2.24) is 4.90 Å². The Morgan fingerprint density at radius 2 is 2.00 bits per heavy atom. The van der Waals surface area contributed by atoms with E-state index >= 15 is 0 Å². The maximum Gasteiger partial charge on any atom is 0.0101 e. The van der Waals surface area contributed by atoms with E-state index in [0.29, 0.717) is 5.41 Å². The zero-order valence-corrected chi connectivity index (χ0v) is 15.9. The summed E-state index contributed by atoms with van der Waals surface area (Å²) < 4.78 is 0. The normalized spacial score (nSPS) is 34.9. The van der Waals surface area contributed by atoms with E-state index in [1.54, 1.807) is 0 Å². The minimum atomic E-state index is 0.618. The summed E-state index contributed by atoms with van der Waals surface area (Å²) in [6, 6.07) is 11.6. The fourth-order valence-corrected chi connectivity index (χ4v) is 5.04. The van der Waals surface area contributed by atoms with Gasteiger partial charge in [-0.3, -0.25) is 0 Å². The monoisotopic (exact) mass is 325 g/mol. The van der Waals surface area contributed by atoms with E-state index in [0.717, 1.165) is 17.9 Å². The third-order valence-electron chi connectivity index (χ3n) is 6.52. The third kappa shape index (κ3) is 4.30. The van der Waals surface area contributed by atoms with Crippen LogP contribution in [0, 0.1) is 17.3 Å². The van der Waals surface area contributed by atoms with Gasteiger partial charge >= 0.3 is 0 Å². The fourth-order valence-electron chi connectivity index (χ4n) is 5.04. The topological polar surface area (TPSA) is 3.24 Å². The van der Waals surface area contributed by atoms with Crippen molar-refractivity contribution < 1.29 is 0 Å². The minimum Gasteiger partial charge on any atom is -0.300 e. The van der Waals surface area contributed by atoms with Crippen LogP contribution in [0.25, 0.3) is 6.08 Å². The smallest absolute Gasteiger partial charge is 0.0101 e. The summed E-state index contributed by atoms with van der Waals surface area (Å²) >= 11 is 0. The lowest BCUT2D eigenvalue weighted by Gasteiger charge is -2.40. The summed E-state index contributed by atoms with van der Waals surface area (Å²) in [4.78, 5) is 2.82. The molecule has 24 heavy (non-hydrogen) atoms. The van der Waals surface area contributed by atoms with Crippen molar-refractivity contribution in [2.45, 2.75) is 65.3 Å². The van der Waals surface area contributed by atoms with Crippen LogP contribution in [0.5, 0.6) is 0 Å². The number of rotatable bonds is 5. The number of hydrogen-bond acceptors (Lipinski definition) is 1. The largest absolute Gasteiger partial charge is 0.300 e. The van der Waals surface area contributed by atoms with Crippen LogP contribution >= 0.6 is 0 Å². The van der Waals surface area contributed by atoms with Crippen molar-refractivity contribution in [1.29, 1.82) is 0 Å². The SMILES string of the molecule is CCCC1(C)CCC(N2CC[C@@H](/C=C\c3ccccc3)C(C)C2)C1. The van der Waals surface area contributed by atoms with E-state index in [4.69, 9.17) is 0 Å². The molecule has 1 aromatic carbocycles. The van der Waals surface area contributed by atoms with Crippen LogP contribution in [0.1, 0.15) is 64.9 Å². The summed E-state index contributed by atoms with van der Waals surface area (Å²) in [5, 5.41) is 0. The molecule has 0 N–H and O–H groups in total. The zero-order chi connectivity index (χ0) is 17.0. The van der Waals surface area contributed by atoms with Crippen LogP contribution in [-0.4, -0.2) is 24.0 Å². The number of likely N-dealkylation sites (tertiary alicyclic amines) is 1. The molecule has 0 bridgehead atoms. The summed E-state index contributed by atoms with van der Waals surface area (Å²) in [5.74, 6) is 1.52. The molecule has 2 fully saturated rings. The first-order chi connectivity index (χ1) is 11.6. The van der Waals surface area contributed by atoms with Crippen LogP contribution in [-0.2, 0) is 0 Å². The molecule has 0 radical (unpaired) electrons. The minimum absolute atomic E-state index is 0.618. The molecule has 1 aliphatic carbocycles. The molecule has 132 valence electrons. The average molecular weight is 326 g/mol. The Morgan fingerprint density at radius 1 is 1.21 bits per heavy atom. The zero-order valence-electron chi connectivity index (χ0n) is 15.9. The van der Waals surface area contributed by atoms with Crippen molar-refractivity contribution in [3.63, 3.8) is 0 Å². The Kier molecular flexibility index (Phi) is 5.81. The van der Waals surface area contributed by atoms with Gasteiger partial charge in [0.1, 0.15) is 0 Å². The van der Waals surface area contributed by atoms with Gasteiger partial charge in [-0.25, -0.2) is 0 Å². The second kappa shape index (κ2) is 7.87. The molecule has 1 nitrogen and oxygen atoms in total. The van der Waals surface area contributed by atoms with Crippen LogP contribution in [0.4, 0.5) is 0 Å². The third-order valence-corrected chi connectivity index (χ3v) is 6.52. The summed E-state index contributed by atoms with van der Waals surface area (Å²) in [6.45, 7) is 9.89. The maximum atomic E-state index is 2.82. The fraction of sp³-hybridized carbons (Fsp3) is 0.652. The van der Waals surface area contributed by atoms with Crippen LogP contribution in [0.15, 0.2) is 36.4 Å². The Balaban J connectivity index is 1.53. The lowest BCUT2D eigenvalue weighted by atomic mass is 9.83. The Bertz CT molecular complexity index is 534. The van der Waals surface area contributed by atoms with Crippen LogP contribution in [0.3, 0.4) is 0 Å². The molecule has 1 heterocycles. The highest BCUT2D eigenvalue weighted by Gasteiger charge is 2.38. The standard InChI is InChI=1S/C23H35N/c1-4-14-23(3)15-12-22(17-23)24-16-13-21(19(2)18-24)11-10-20-8-6-5-7-9-20/h5-11,19,21-22H,4,12-18H2,1-3H3/b11-10-/t19?,21-,22?,23?/m1/s1. The molecule has 0 amide bonds. The second-order valence-electron chi connectivity index (χ2n) is 8.65. The van der Waals surface area contributed by atoms with Gasteiger partial charge in [-0.1, -0.05) is 69.7 Å². The van der Waals surface area contributed by atoms with Crippen LogP contribution < -0.4 is 0 Å². The van der Waals surface area contributed by atoms with E-state index < -0.39 is 0 Å². The number of piperidine rings is 1. The highest BCUT2D eigenvalue weighted by atomic mass is 15.2. The molecule has 0 aromatic heterocycles. The second-order valence-corrected chi connectivity index (χ2v) is 8.65. The molecule has 3 unspecified atom stereocenters. The summed E-state index contributed by atoms with van der Waals surface area (Å²) in [5.41, 5.74) is 1.95. The molecular formula is C23H35N. The van der Waals surface area contributed by atoms with Gasteiger partial charge in [-0.05, 0) is 61.5 Å². The molecule has 2 aliphatic rings. The Morgan fingerprint density at radius 3 is 2.71 bits per heavy atom. The van der Waals surface area contributed by atoms with E-state index in [1.165, 1.54) is 57.2 Å². The molecule has 1 aromatic rings. The van der Waals surface area contributed by atoms with Crippen molar-refractivity contribution in [3.8, 4) is 0 Å². The van der Waals surface area contributed by atoms with Gasteiger partial charge in [0.25, 0.3) is 0 Å². The van der Waals surface area contributed by atoms with Gasteiger partial charge in [0, 0.05) is 12.6 Å². The van der Waals surface area contributed by atoms with Gasteiger partial charge in [-0.15, -0.1) is 0 Å². The van der Waals surface area contributed by atoms with Crippen molar-refractivity contribution in [2.24, 2.45) is 17.3 Å². The summed E-state index contributed by atoms with van der Waals surface area (Å²) in [6.07, 6.45) is 13.2. The molecular weight excluding hydrogens is 290 g/mol. The molecule has 3 rings (SSSR count). The first kappa shape index (κ1) is 17.7. The Hall–Kier alpha value is -1.08. The van der Waals surface area contributed by atoms with Gasteiger partial charge in [0.05, 0.1) is 0 Å². The molecule has 1 heteroatoms. The molecule has 0 spiro atoms. The van der Waals surface area contributed by atoms with Crippen LogP contribution in [0.2, 0.25) is 0 Å². The first-order valence-corrected chi connectivity index (χ1v) is 10.1.